The van der Waals surface area contributed by atoms with Crippen molar-refractivity contribution in [3.8, 4) is 0 Å². The van der Waals surface area contributed by atoms with Gasteiger partial charge >= 0.3 is 6.03 Å². The molecule has 1 aromatic rings. The molecule has 0 aliphatic carbocycles. The number of para-hydroxylation sites is 1. The lowest BCUT2D eigenvalue weighted by Gasteiger charge is -2.36. The number of hydrogen-bond acceptors (Lipinski definition) is 3. The van der Waals surface area contributed by atoms with Crippen molar-refractivity contribution in [3.05, 3.63) is 29.8 Å². The van der Waals surface area contributed by atoms with Gasteiger partial charge in [-0.25, -0.2) is 9.69 Å². The third-order valence-corrected chi connectivity index (χ3v) is 3.68. The standard InChI is InChI=1S/C16H20N2O3/c1-15(2,3)10-8-6-7-9-11(10)18-13(20)16(4,5)12(19)17-14(18)21/h6-9H,1-5H3,(H,17,19,21). The third kappa shape index (κ3) is 2.44. The molecular formula is C16H20N2O3. The SMILES string of the molecule is CC1(C)C(=O)NC(=O)N(c2ccccc2C(C)(C)C)C1=O. The van der Waals surface area contributed by atoms with E-state index in [9.17, 15) is 14.4 Å². The Hall–Kier alpha value is -2.17. The molecule has 1 saturated heterocycles. The van der Waals surface area contributed by atoms with E-state index in [-0.39, 0.29) is 5.41 Å². The van der Waals surface area contributed by atoms with Crippen LogP contribution < -0.4 is 10.2 Å². The number of barbiturate groups is 1. The number of amides is 4. The Balaban J connectivity index is 2.59. The molecule has 0 unspecified atom stereocenters. The summed E-state index contributed by atoms with van der Waals surface area (Å²) in [6.45, 7) is 9.06. The van der Waals surface area contributed by atoms with Crippen molar-refractivity contribution < 1.29 is 14.4 Å². The van der Waals surface area contributed by atoms with Crippen LogP contribution in [0.1, 0.15) is 40.2 Å². The van der Waals surface area contributed by atoms with Crippen LogP contribution >= 0.6 is 0 Å². The zero-order valence-corrected chi connectivity index (χ0v) is 13.0. The van der Waals surface area contributed by atoms with Gasteiger partial charge in [-0.3, -0.25) is 14.9 Å². The van der Waals surface area contributed by atoms with Crippen LogP contribution in [0.4, 0.5) is 10.5 Å². The van der Waals surface area contributed by atoms with Crippen LogP contribution in [-0.4, -0.2) is 17.8 Å². The molecule has 1 aliphatic rings. The second-order valence-electron chi connectivity index (χ2n) is 6.79. The van der Waals surface area contributed by atoms with Gasteiger partial charge in [-0.1, -0.05) is 39.0 Å². The molecule has 1 aromatic carbocycles. The minimum Gasteiger partial charge on any atom is -0.276 e. The molecule has 2 rings (SSSR count). The summed E-state index contributed by atoms with van der Waals surface area (Å²) in [4.78, 5) is 37.6. The summed E-state index contributed by atoms with van der Waals surface area (Å²) in [6, 6.07) is 6.56. The summed E-state index contributed by atoms with van der Waals surface area (Å²) in [5, 5.41) is 2.25. The van der Waals surface area contributed by atoms with E-state index in [1.54, 1.807) is 12.1 Å². The molecule has 0 spiro atoms. The van der Waals surface area contributed by atoms with Crippen molar-refractivity contribution in [2.75, 3.05) is 4.90 Å². The molecular weight excluding hydrogens is 268 g/mol. The maximum atomic E-state index is 12.6. The van der Waals surface area contributed by atoms with Crippen LogP contribution in [0.2, 0.25) is 0 Å². The van der Waals surface area contributed by atoms with Crippen molar-refractivity contribution in [2.45, 2.75) is 40.0 Å². The van der Waals surface area contributed by atoms with Gasteiger partial charge in [-0.05, 0) is 30.9 Å². The number of carbonyl (C=O) groups excluding carboxylic acids is 3. The van der Waals surface area contributed by atoms with Gasteiger partial charge in [0.25, 0.3) is 0 Å². The van der Waals surface area contributed by atoms with E-state index in [1.165, 1.54) is 13.8 Å². The molecule has 4 amide bonds. The molecule has 5 nitrogen and oxygen atoms in total. The van der Waals surface area contributed by atoms with Gasteiger partial charge in [0.2, 0.25) is 11.8 Å². The van der Waals surface area contributed by atoms with Crippen LogP contribution in [0.25, 0.3) is 0 Å². The monoisotopic (exact) mass is 288 g/mol. The highest BCUT2D eigenvalue weighted by molar-refractivity contribution is 6.29. The first-order chi connectivity index (χ1) is 9.56. The zero-order valence-electron chi connectivity index (χ0n) is 13.0. The largest absolute Gasteiger partial charge is 0.335 e. The van der Waals surface area contributed by atoms with Gasteiger partial charge < -0.3 is 0 Å². The summed E-state index contributed by atoms with van der Waals surface area (Å²) in [5.41, 5.74) is -0.103. The molecule has 0 aromatic heterocycles. The average molecular weight is 288 g/mol. The Bertz CT molecular complexity index is 627. The predicted molar refractivity (Wildman–Crippen MR) is 79.9 cm³/mol. The van der Waals surface area contributed by atoms with Gasteiger partial charge in [0.05, 0.1) is 5.69 Å². The van der Waals surface area contributed by atoms with Crippen molar-refractivity contribution in [1.82, 2.24) is 5.32 Å². The maximum absolute atomic E-state index is 12.6. The van der Waals surface area contributed by atoms with Crippen LogP contribution in [0.15, 0.2) is 24.3 Å². The van der Waals surface area contributed by atoms with Crippen LogP contribution in [0.3, 0.4) is 0 Å². The minimum absolute atomic E-state index is 0.233. The van der Waals surface area contributed by atoms with E-state index >= 15 is 0 Å². The lowest BCUT2D eigenvalue weighted by atomic mass is 9.83. The summed E-state index contributed by atoms with van der Waals surface area (Å²) in [7, 11) is 0. The number of benzene rings is 1. The maximum Gasteiger partial charge on any atom is 0.335 e. The normalized spacial score (nSPS) is 18.7. The van der Waals surface area contributed by atoms with E-state index in [2.05, 4.69) is 5.32 Å². The molecule has 112 valence electrons. The first-order valence-electron chi connectivity index (χ1n) is 6.86. The van der Waals surface area contributed by atoms with Gasteiger partial charge in [0.1, 0.15) is 5.41 Å². The van der Waals surface area contributed by atoms with Gasteiger partial charge in [-0.2, -0.15) is 0 Å². The topological polar surface area (TPSA) is 66.5 Å². The summed E-state index contributed by atoms with van der Waals surface area (Å²) >= 11 is 0. The van der Waals surface area contributed by atoms with Crippen LogP contribution in [-0.2, 0) is 15.0 Å². The number of anilines is 1. The number of rotatable bonds is 1. The number of carbonyl (C=O) groups is 3. The predicted octanol–water partition coefficient (Wildman–Crippen LogP) is 2.59. The third-order valence-electron chi connectivity index (χ3n) is 3.68. The number of hydrogen-bond donors (Lipinski definition) is 1. The first-order valence-corrected chi connectivity index (χ1v) is 6.86. The van der Waals surface area contributed by atoms with Crippen molar-refractivity contribution in [1.29, 1.82) is 0 Å². The van der Waals surface area contributed by atoms with E-state index in [4.69, 9.17) is 0 Å². The lowest BCUT2D eigenvalue weighted by molar-refractivity contribution is -0.140. The molecule has 0 atom stereocenters. The fraction of sp³-hybridized carbons (Fsp3) is 0.438. The fourth-order valence-electron chi connectivity index (χ4n) is 2.30. The second kappa shape index (κ2) is 4.69. The van der Waals surface area contributed by atoms with E-state index in [0.29, 0.717) is 5.69 Å². The Morgan fingerprint density at radius 1 is 1.05 bits per heavy atom. The summed E-state index contributed by atoms with van der Waals surface area (Å²) in [5.74, 6) is -1.07. The van der Waals surface area contributed by atoms with E-state index < -0.39 is 23.3 Å². The Labute approximate surface area is 124 Å². The summed E-state index contributed by atoms with van der Waals surface area (Å²) in [6.07, 6.45) is 0. The molecule has 0 radical (unpaired) electrons. The van der Waals surface area contributed by atoms with Crippen LogP contribution in [0.5, 0.6) is 0 Å². The van der Waals surface area contributed by atoms with Crippen LogP contribution in [0, 0.1) is 5.41 Å². The molecule has 0 saturated carbocycles. The molecule has 1 aliphatic heterocycles. The van der Waals surface area contributed by atoms with Gasteiger partial charge in [-0.15, -0.1) is 0 Å². The smallest absolute Gasteiger partial charge is 0.276 e. The van der Waals surface area contributed by atoms with E-state index in [1.807, 2.05) is 32.9 Å². The van der Waals surface area contributed by atoms with Gasteiger partial charge in [0.15, 0.2) is 0 Å². The lowest BCUT2D eigenvalue weighted by Crippen LogP contribution is -2.62. The van der Waals surface area contributed by atoms with E-state index in [0.717, 1.165) is 10.5 Å². The number of imide groups is 2. The zero-order chi connectivity index (χ0) is 16.0. The van der Waals surface area contributed by atoms with Gasteiger partial charge in [0, 0.05) is 0 Å². The molecule has 21 heavy (non-hydrogen) atoms. The molecule has 1 N–H and O–H groups in total. The number of nitrogens with one attached hydrogen (secondary N) is 1. The number of nitrogens with zero attached hydrogens (tertiary/aromatic N) is 1. The van der Waals surface area contributed by atoms with Crippen molar-refractivity contribution in [3.63, 3.8) is 0 Å². The Kier molecular flexibility index (Phi) is 3.40. The summed E-state index contributed by atoms with van der Waals surface area (Å²) < 4.78 is 0. The molecule has 5 heteroatoms. The Morgan fingerprint density at radius 3 is 2.19 bits per heavy atom. The first kappa shape index (κ1) is 15.2. The quantitative estimate of drug-likeness (QED) is 0.808. The highest BCUT2D eigenvalue weighted by atomic mass is 16.2. The second-order valence-corrected chi connectivity index (χ2v) is 6.79. The molecule has 0 bridgehead atoms. The van der Waals surface area contributed by atoms with Crippen molar-refractivity contribution in [2.24, 2.45) is 5.41 Å². The van der Waals surface area contributed by atoms with Crippen molar-refractivity contribution >= 4 is 23.5 Å². The Morgan fingerprint density at radius 2 is 1.62 bits per heavy atom. The highest BCUT2D eigenvalue weighted by Gasteiger charge is 2.48. The molecule has 1 heterocycles. The fourth-order valence-corrected chi connectivity index (χ4v) is 2.30. The molecule has 1 fully saturated rings. The minimum atomic E-state index is -1.26. The average Bonchev–Trinajstić information content (AvgIpc) is 2.36. The number of urea groups is 1. The highest BCUT2D eigenvalue weighted by Crippen LogP contribution is 2.35.